The van der Waals surface area contributed by atoms with E-state index in [1.54, 1.807) is 35.2 Å². The Kier molecular flexibility index (Phi) is 7.29. The van der Waals surface area contributed by atoms with Crippen LogP contribution in [0.15, 0.2) is 82.8 Å². The van der Waals surface area contributed by atoms with Crippen molar-refractivity contribution in [3.05, 3.63) is 72.8 Å². The van der Waals surface area contributed by atoms with Gasteiger partial charge in [-0.1, -0.05) is 53.7 Å². The molecule has 1 aliphatic heterocycles. The number of amides is 1. The van der Waals surface area contributed by atoms with E-state index < -0.39 is 10.0 Å². The number of hydrogen-bond acceptors (Lipinski definition) is 6. The number of benzene rings is 3. The van der Waals surface area contributed by atoms with Gasteiger partial charge in [0.25, 0.3) is 5.91 Å². The van der Waals surface area contributed by atoms with Crippen LogP contribution in [-0.2, 0) is 19.7 Å². The zero-order valence-corrected chi connectivity index (χ0v) is 19.4. The first-order chi connectivity index (χ1) is 16.4. The summed E-state index contributed by atoms with van der Waals surface area (Å²) in [5, 5.41) is 5.55. The molecule has 0 spiro atoms. The maximum Gasteiger partial charge on any atom is 0.263 e. The Hall–Kier alpha value is -3.63. The summed E-state index contributed by atoms with van der Waals surface area (Å²) in [5.74, 6) is 0.458. The van der Waals surface area contributed by atoms with Gasteiger partial charge in [0.2, 0.25) is 10.0 Å². The standard InChI is InChI=1S/C24H26N4O5S/c25-23(17-32-21-8-2-1-3-9-21)26-33-18-24(29)27-12-14-28(15-13-27)34(30,31)22-11-10-19-6-4-5-7-20(19)16-22/h1-11,16H,12-15,17-18H2,(H2,25,26). The molecule has 0 unspecified atom stereocenters. The summed E-state index contributed by atoms with van der Waals surface area (Å²) in [5.41, 5.74) is 5.74. The molecule has 0 aliphatic carbocycles. The highest BCUT2D eigenvalue weighted by molar-refractivity contribution is 7.89. The lowest BCUT2D eigenvalue weighted by atomic mass is 10.1. The lowest BCUT2D eigenvalue weighted by Crippen LogP contribution is -2.51. The molecule has 1 aliphatic rings. The summed E-state index contributed by atoms with van der Waals surface area (Å²) in [6, 6.07) is 21.8. The number of para-hydroxylation sites is 1. The Bertz CT molecular complexity index is 1270. The molecule has 1 amide bonds. The first kappa shape index (κ1) is 23.5. The molecule has 3 aromatic rings. The monoisotopic (exact) mass is 482 g/mol. The van der Waals surface area contributed by atoms with Gasteiger partial charge >= 0.3 is 0 Å². The van der Waals surface area contributed by atoms with E-state index >= 15 is 0 Å². The number of rotatable bonds is 8. The third-order valence-corrected chi connectivity index (χ3v) is 7.34. The number of nitrogens with two attached hydrogens (primary N) is 1. The highest BCUT2D eigenvalue weighted by atomic mass is 32.2. The van der Waals surface area contributed by atoms with E-state index in [0.717, 1.165) is 10.8 Å². The Morgan fingerprint density at radius 1 is 0.882 bits per heavy atom. The van der Waals surface area contributed by atoms with Gasteiger partial charge < -0.3 is 20.2 Å². The molecule has 0 radical (unpaired) electrons. The second-order valence-electron chi connectivity index (χ2n) is 7.75. The molecule has 1 saturated heterocycles. The van der Waals surface area contributed by atoms with Crippen LogP contribution in [0.2, 0.25) is 0 Å². The number of carbonyl (C=O) groups is 1. The largest absolute Gasteiger partial charge is 0.486 e. The van der Waals surface area contributed by atoms with Crippen LogP contribution in [0.3, 0.4) is 0 Å². The minimum atomic E-state index is -3.65. The van der Waals surface area contributed by atoms with Gasteiger partial charge in [0.1, 0.15) is 12.4 Å². The van der Waals surface area contributed by atoms with Crippen molar-refractivity contribution >= 4 is 32.5 Å². The highest BCUT2D eigenvalue weighted by Gasteiger charge is 2.30. The molecule has 0 atom stereocenters. The number of piperazine rings is 1. The molecule has 34 heavy (non-hydrogen) atoms. The van der Waals surface area contributed by atoms with Crippen molar-refractivity contribution in [1.29, 1.82) is 0 Å². The summed E-state index contributed by atoms with van der Waals surface area (Å²) in [6.45, 7) is 0.693. The van der Waals surface area contributed by atoms with E-state index in [4.69, 9.17) is 15.3 Å². The van der Waals surface area contributed by atoms with Crippen LogP contribution in [0.25, 0.3) is 10.8 Å². The summed E-state index contributed by atoms with van der Waals surface area (Å²) in [4.78, 5) is 19.3. The fourth-order valence-corrected chi connectivity index (χ4v) is 5.07. The predicted octanol–water partition coefficient (Wildman–Crippen LogP) is 2.04. The normalized spacial score (nSPS) is 15.3. The second-order valence-corrected chi connectivity index (χ2v) is 9.69. The van der Waals surface area contributed by atoms with Gasteiger partial charge in [-0.05, 0) is 35.0 Å². The van der Waals surface area contributed by atoms with Gasteiger partial charge in [-0.2, -0.15) is 4.31 Å². The van der Waals surface area contributed by atoms with E-state index in [9.17, 15) is 13.2 Å². The maximum absolute atomic E-state index is 13.1. The van der Waals surface area contributed by atoms with E-state index in [1.165, 1.54) is 4.31 Å². The first-order valence-electron chi connectivity index (χ1n) is 10.8. The number of carbonyl (C=O) groups excluding carboxylic acids is 1. The minimum Gasteiger partial charge on any atom is -0.486 e. The lowest BCUT2D eigenvalue weighted by Gasteiger charge is -2.33. The molecule has 10 heteroatoms. The van der Waals surface area contributed by atoms with Crippen molar-refractivity contribution in [1.82, 2.24) is 9.21 Å². The van der Waals surface area contributed by atoms with Crippen molar-refractivity contribution in [2.24, 2.45) is 10.9 Å². The Morgan fingerprint density at radius 3 is 2.29 bits per heavy atom. The molecule has 0 saturated carbocycles. The van der Waals surface area contributed by atoms with Gasteiger partial charge in [0, 0.05) is 26.2 Å². The summed E-state index contributed by atoms with van der Waals surface area (Å²) in [7, 11) is -3.65. The fourth-order valence-electron chi connectivity index (χ4n) is 3.62. The van der Waals surface area contributed by atoms with Crippen LogP contribution in [0.4, 0.5) is 0 Å². The first-order valence-corrected chi connectivity index (χ1v) is 12.3. The highest BCUT2D eigenvalue weighted by Crippen LogP contribution is 2.23. The minimum absolute atomic E-state index is 0.0313. The van der Waals surface area contributed by atoms with Crippen LogP contribution >= 0.6 is 0 Å². The van der Waals surface area contributed by atoms with Crippen LogP contribution in [0.1, 0.15) is 0 Å². The van der Waals surface area contributed by atoms with Gasteiger partial charge in [-0.3, -0.25) is 4.79 Å². The van der Waals surface area contributed by atoms with Gasteiger partial charge in [-0.25, -0.2) is 8.42 Å². The topological polar surface area (TPSA) is 115 Å². The number of fused-ring (bicyclic) bond motifs is 1. The van der Waals surface area contributed by atoms with Crippen molar-refractivity contribution in [2.45, 2.75) is 4.90 Å². The molecule has 178 valence electrons. The zero-order chi connectivity index (χ0) is 24.0. The maximum atomic E-state index is 13.1. The van der Waals surface area contributed by atoms with Crippen LogP contribution < -0.4 is 10.5 Å². The van der Waals surface area contributed by atoms with E-state index in [-0.39, 0.29) is 56.0 Å². The molecule has 4 rings (SSSR count). The third kappa shape index (κ3) is 5.64. The molecule has 1 fully saturated rings. The van der Waals surface area contributed by atoms with Gasteiger partial charge in [-0.15, -0.1) is 0 Å². The van der Waals surface area contributed by atoms with Crippen molar-refractivity contribution < 1.29 is 22.8 Å². The summed E-state index contributed by atoms with van der Waals surface area (Å²) < 4.78 is 33.0. The third-order valence-electron chi connectivity index (χ3n) is 5.45. The molecule has 0 aromatic heterocycles. The van der Waals surface area contributed by atoms with Crippen molar-refractivity contribution in [3.8, 4) is 5.75 Å². The quantitative estimate of drug-likeness (QED) is 0.299. The number of sulfonamides is 1. The summed E-state index contributed by atoms with van der Waals surface area (Å²) in [6.07, 6.45) is 0. The molecule has 2 N–H and O–H groups in total. The predicted molar refractivity (Wildman–Crippen MR) is 129 cm³/mol. The van der Waals surface area contributed by atoms with E-state index in [0.29, 0.717) is 5.75 Å². The van der Waals surface area contributed by atoms with E-state index in [2.05, 4.69) is 5.16 Å². The molecular weight excluding hydrogens is 456 g/mol. The Balaban J connectivity index is 1.26. The Labute approximate surface area is 198 Å². The van der Waals surface area contributed by atoms with Gasteiger partial charge in [0.05, 0.1) is 4.90 Å². The Morgan fingerprint density at radius 2 is 1.56 bits per heavy atom. The molecule has 1 heterocycles. The average Bonchev–Trinajstić information content (AvgIpc) is 2.87. The van der Waals surface area contributed by atoms with Crippen LogP contribution in [-0.4, -0.2) is 68.8 Å². The number of nitrogens with zero attached hydrogens (tertiary/aromatic N) is 3. The molecule has 9 nitrogen and oxygen atoms in total. The molecule has 0 bridgehead atoms. The number of hydrogen-bond donors (Lipinski definition) is 1. The average molecular weight is 483 g/mol. The lowest BCUT2D eigenvalue weighted by molar-refractivity contribution is -0.137. The molecular formula is C24H26N4O5S. The smallest absolute Gasteiger partial charge is 0.263 e. The SMILES string of the molecule is N/C(COc1ccccc1)=N\OCC(=O)N1CCN(S(=O)(=O)c2ccc3ccccc3c2)CC1. The second kappa shape index (κ2) is 10.5. The van der Waals surface area contributed by atoms with Crippen molar-refractivity contribution in [3.63, 3.8) is 0 Å². The number of amidine groups is 1. The van der Waals surface area contributed by atoms with Crippen LogP contribution in [0.5, 0.6) is 5.75 Å². The van der Waals surface area contributed by atoms with E-state index in [1.807, 2.05) is 42.5 Å². The zero-order valence-electron chi connectivity index (χ0n) is 18.5. The van der Waals surface area contributed by atoms with Crippen molar-refractivity contribution in [2.75, 3.05) is 39.4 Å². The fraction of sp³-hybridized carbons (Fsp3) is 0.250. The van der Waals surface area contributed by atoms with Gasteiger partial charge in [0.15, 0.2) is 12.4 Å². The number of ether oxygens (including phenoxy) is 1. The van der Waals surface area contributed by atoms with Crippen LogP contribution in [0, 0.1) is 0 Å². The number of oxime groups is 1. The molecule has 3 aromatic carbocycles. The summed E-state index contributed by atoms with van der Waals surface area (Å²) >= 11 is 0.